The van der Waals surface area contributed by atoms with E-state index in [1.54, 1.807) is 23.9 Å². The van der Waals surface area contributed by atoms with Gasteiger partial charge in [0.15, 0.2) is 0 Å². The number of hydrogen-bond donors (Lipinski definition) is 1. The third-order valence-corrected chi connectivity index (χ3v) is 5.62. The summed E-state index contributed by atoms with van der Waals surface area (Å²) in [5.41, 5.74) is 14.1. The molecular formula is C23H23FN2O. The number of halogens is 1. The standard InChI is InChI=1S/C23H23FN2O/c1-13-10-16(15-8-9-26(3)21(27)12-15)11-14(2)22(13)17-4-6-19(24)23-18(17)5-7-20(23)25/h4,6,8-12,20H,5,7,25H2,1-3H3/t20-/m1/s1. The van der Waals surface area contributed by atoms with Gasteiger partial charge in [0.25, 0.3) is 5.56 Å². The molecule has 1 aliphatic carbocycles. The SMILES string of the molecule is Cc1cc(-c2ccn(C)c(=O)c2)cc(C)c1-c1ccc(F)c2c1CC[C@H]2N. The van der Waals surface area contributed by atoms with Crippen LogP contribution in [-0.2, 0) is 13.5 Å². The third kappa shape index (κ3) is 2.90. The number of pyridine rings is 1. The van der Waals surface area contributed by atoms with E-state index in [-0.39, 0.29) is 17.4 Å². The Bertz CT molecular complexity index is 1090. The number of aryl methyl sites for hydroxylation is 3. The molecule has 138 valence electrons. The van der Waals surface area contributed by atoms with Gasteiger partial charge in [0.05, 0.1) is 0 Å². The predicted octanol–water partition coefficient (Wildman–Crippen LogP) is 4.42. The lowest BCUT2D eigenvalue weighted by Gasteiger charge is -2.17. The summed E-state index contributed by atoms with van der Waals surface area (Å²) >= 11 is 0. The van der Waals surface area contributed by atoms with Gasteiger partial charge in [-0.25, -0.2) is 4.39 Å². The topological polar surface area (TPSA) is 48.0 Å². The van der Waals surface area contributed by atoms with Gasteiger partial charge in [0.1, 0.15) is 5.82 Å². The normalized spacial score (nSPS) is 15.8. The minimum atomic E-state index is -0.222. The fourth-order valence-electron chi connectivity index (χ4n) is 4.27. The number of hydrogen-bond acceptors (Lipinski definition) is 2. The summed E-state index contributed by atoms with van der Waals surface area (Å²) in [5, 5.41) is 0. The van der Waals surface area contributed by atoms with Crippen molar-refractivity contribution in [2.24, 2.45) is 12.8 Å². The third-order valence-electron chi connectivity index (χ3n) is 5.62. The van der Waals surface area contributed by atoms with Crippen LogP contribution in [0.15, 0.2) is 47.4 Å². The van der Waals surface area contributed by atoms with Crippen molar-refractivity contribution in [3.63, 3.8) is 0 Å². The van der Waals surface area contributed by atoms with Crippen LogP contribution < -0.4 is 11.3 Å². The van der Waals surface area contributed by atoms with Crippen LogP contribution in [0.5, 0.6) is 0 Å². The van der Waals surface area contributed by atoms with Crippen molar-refractivity contribution in [2.45, 2.75) is 32.7 Å². The zero-order chi connectivity index (χ0) is 19.3. The lowest BCUT2D eigenvalue weighted by atomic mass is 9.88. The molecule has 2 aromatic carbocycles. The van der Waals surface area contributed by atoms with E-state index >= 15 is 0 Å². The van der Waals surface area contributed by atoms with Gasteiger partial charge in [-0.2, -0.15) is 0 Å². The van der Waals surface area contributed by atoms with Gasteiger partial charge in [-0.1, -0.05) is 18.2 Å². The molecule has 1 aliphatic rings. The molecule has 4 heteroatoms. The molecule has 3 aromatic rings. The summed E-state index contributed by atoms with van der Waals surface area (Å²) in [5.74, 6) is -0.203. The second kappa shape index (κ2) is 6.46. The molecule has 0 bridgehead atoms. The van der Waals surface area contributed by atoms with Crippen LogP contribution in [0.3, 0.4) is 0 Å². The van der Waals surface area contributed by atoms with Crippen LogP contribution in [0, 0.1) is 19.7 Å². The Balaban J connectivity index is 1.87. The summed E-state index contributed by atoms with van der Waals surface area (Å²) in [7, 11) is 1.74. The molecular weight excluding hydrogens is 339 g/mol. The molecule has 0 amide bonds. The van der Waals surface area contributed by atoms with E-state index in [0.29, 0.717) is 5.56 Å². The molecule has 0 fully saturated rings. The molecule has 0 unspecified atom stereocenters. The minimum absolute atomic E-state index is 0.0303. The molecule has 4 rings (SSSR count). The Morgan fingerprint density at radius 1 is 1.07 bits per heavy atom. The van der Waals surface area contributed by atoms with Crippen molar-refractivity contribution in [1.29, 1.82) is 0 Å². The summed E-state index contributed by atoms with van der Waals surface area (Å²) < 4.78 is 15.8. The maximum atomic E-state index is 14.3. The van der Waals surface area contributed by atoms with Gasteiger partial charge in [0.2, 0.25) is 0 Å². The van der Waals surface area contributed by atoms with Gasteiger partial charge in [0, 0.05) is 30.9 Å². The second-order valence-electron chi connectivity index (χ2n) is 7.48. The Morgan fingerprint density at radius 2 is 1.78 bits per heavy atom. The number of benzene rings is 2. The highest BCUT2D eigenvalue weighted by atomic mass is 19.1. The zero-order valence-corrected chi connectivity index (χ0v) is 15.8. The van der Waals surface area contributed by atoms with Crippen molar-refractivity contribution < 1.29 is 4.39 Å². The number of nitrogens with two attached hydrogens (primary N) is 1. The highest BCUT2D eigenvalue weighted by Gasteiger charge is 2.26. The Morgan fingerprint density at radius 3 is 2.44 bits per heavy atom. The summed E-state index contributed by atoms with van der Waals surface area (Å²) in [6.07, 6.45) is 3.37. The van der Waals surface area contributed by atoms with E-state index in [9.17, 15) is 9.18 Å². The molecule has 0 spiro atoms. The van der Waals surface area contributed by atoms with Crippen LogP contribution in [0.4, 0.5) is 4.39 Å². The molecule has 1 heterocycles. The fourth-order valence-corrected chi connectivity index (χ4v) is 4.27. The molecule has 2 N–H and O–H groups in total. The van der Waals surface area contributed by atoms with Gasteiger partial charge in [-0.3, -0.25) is 4.79 Å². The van der Waals surface area contributed by atoms with E-state index in [0.717, 1.165) is 51.8 Å². The quantitative estimate of drug-likeness (QED) is 0.733. The summed E-state index contributed by atoms with van der Waals surface area (Å²) in [4.78, 5) is 12.0. The van der Waals surface area contributed by atoms with E-state index in [4.69, 9.17) is 5.73 Å². The smallest absolute Gasteiger partial charge is 0.250 e. The maximum Gasteiger partial charge on any atom is 0.250 e. The van der Waals surface area contributed by atoms with E-state index in [1.165, 1.54) is 6.07 Å². The first-order valence-corrected chi connectivity index (χ1v) is 9.22. The predicted molar refractivity (Wildman–Crippen MR) is 107 cm³/mol. The fraction of sp³-hybridized carbons (Fsp3) is 0.261. The Labute approximate surface area is 158 Å². The lowest BCUT2D eigenvalue weighted by Crippen LogP contribution is -2.14. The molecule has 0 radical (unpaired) electrons. The monoisotopic (exact) mass is 362 g/mol. The number of fused-ring (bicyclic) bond motifs is 1. The molecule has 1 aromatic heterocycles. The lowest BCUT2D eigenvalue weighted by molar-refractivity contribution is 0.589. The van der Waals surface area contributed by atoms with Gasteiger partial charge in [-0.15, -0.1) is 0 Å². The van der Waals surface area contributed by atoms with E-state index in [2.05, 4.69) is 26.0 Å². The van der Waals surface area contributed by atoms with Crippen LogP contribution in [-0.4, -0.2) is 4.57 Å². The first kappa shape index (κ1) is 17.7. The first-order valence-electron chi connectivity index (χ1n) is 9.22. The van der Waals surface area contributed by atoms with Crippen LogP contribution in [0.1, 0.15) is 34.7 Å². The van der Waals surface area contributed by atoms with Gasteiger partial charge >= 0.3 is 0 Å². The van der Waals surface area contributed by atoms with Crippen molar-refractivity contribution in [3.8, 4) is 22.3 Å². The van der Waals surface area contributed by atoms with E-state index < -0.39 is 0 Å². The van der Waals surface area contributed by atoms with Crippen molar-refractivity contribution in [1.82, 2.24) is 4.57 Å². The van der Waals surface area contributed by atoms with Crippen molar-refractivity contribution in [3.05, 3.63) is 81.0 Å². The van der Waals surface area contributed by atoms with Crippen molar-refractivity contribution in [2.75, 3.05) is 0 Å². The Hall–Kier alpha value is -2.72. The molecule has 0 saturated heterocycles. The molecule has 0 aliphatic heterocycles. The average Bonchev–Trinajstić information content (AvgIpc) is 3.01. The van der Waals surface area contributed by atoms with Crippen molar-refractivity contribution >= 4 is 0 Å². The highest BCUT2D eigenvalue weighted by Crippen LogP contribution is 2.41. The molecule has 1 atom stereocenters. The molecule has 27 heavy (non-hydrogen) atoms. The van der Waals surface area contributed by atoms with Crippen LogP contribution >= 0.6 is 0 Å². The van der Waals surface area contributed by atoms with Crippen LogP contribution in [0.25, 0.3) is 22.3 Å². The largest absolute Gasteiger partial charge is 0.324 e. The first-order chi connectivity index (χ1) is 12.9. The second-order valence-corrected chi connectivity index (χ2v) is 7.48. The molecule has 0 saturated carbocycles. The minimum Gasteiger partial charge on any atom is -0.324 e. The summed E-state index contributed by atoms with van der Waals surface area (Å²) in [6.45, 7) is 4.13. The zero-order valence-electron chi connectivity index (χ0n) is 15.8. The summed E-state index contributed by atoms with van der Waals surface area (Å²) in [6, 6.07) is 11.0. The number of nitrogens with zero attached hydrogens (tertiary/aromatic N) is 1. The highest BCUT2D eigenvalue weighted by molar-refractivity contribution is 5.79. The average molecular weight is 362 g/mol. The van der Waals surface area contributed by atoms with Gasteiger partial charge < -0.3 is 10.3 Å². The number of aromatic nitrogens is 1. The van der Waals surface area contributed by atoms with E-state index in [1.807, 2.05) is 12.1 Å². The van der Waals surface area contributed by atoms with Crippen LogP contribution in [0.2, 0.25) is 0 Å². The Kier molecular flexibility index (Phi) is 4.23. The number of rotatable bonds is 2. The van der Waals surface area contributed by atoms with Gasteiger partial charge in [-0.05, 0) is 77.8 Å². The maximum absolute atomic E-state index is 14.3. The molecule has 3 nitrogen and oxygen atoms in total.